The molecule has 0 unspecified atom stereocenters. The van der Waals surface area contributed by atoms with E-state index in [1.54, 1.807) is 0 Å². The van der Waals surface area contributed by atoms with Crippen LogP contribution in [0.15, 0.2) is 267 Å². The third-order valence-corrected chi connectivity index (χ3v) is 17.4. The number of nitrogens with zero attached hydrogens (tertiary/aromatic N) is 2. The third-order valence-electron chi connectivity index (χ3n) is 12.5. The average molecular weight is 821 g/mol. The molecule has 0 aliphatic carbocycles. The van der Waals surface area contributed by atoms with Crippen LogP contribution in [0.4, 0.5) is 34.1 Å². The van der Waals surface area contributed by atoms with Gasteiger partial charge < -0.3 is 9.80 Å². The molecular formula is C60H44N2Si. The van der Waals surface area contributed by atoms with Crippen molar-refractivity contribution in [1.82, 2.24) is 0 Å². The summed E-state index contributed by atoms with van der Waals surface area (Å²) in [7, 11) is -2.87. The lowest BCUT2D eigenvalue weighted by Crippen LogP contribution is -2.77. The Kier molecular flexibility index (Phi) is 9.93. The van der Waals surface area contributed by atoms with E-state index in [0.717, 1.165) is 33.9 Å². The number of benzene rings is 10. The van der Waals surface area contributed by atoms with Gasteiger partial charge in [-0.1, -0.05) is 218 Å². The van der Waals surface area contributed by atoms with Gasteiger partial charge in [-0.15, -0.1) is 0 Å². The molecule has 10 aromatic rings. The van der Waals surface area contributed by atoms with Gasteiger partial charge in [-0.25, -0.2) is 0 Å². The van der Waals surface area contributed by atoms with Crippen LogP contribution < -0.4 is 30.5 Å². The van der Waals surface area contributed by atoms with Crippen LogP contribution in [0.5, 0.6) is 0 Å². The van der Waals surface area contributed by atoms with Gasteiger partial charge in [0.25, 0.3) is 0 Å². The Balaban J connectivity index is 1.16. The fourth-order valence-corrected chi connectivity index (χ4v) is 14.8. The summed E-state index contributed by atoms with van der Waals surface area (Å²) < 4.78 is 0. The predicted octanol–water partition coefficient (Wildman–Crippen LogP) is 13.3. The minimum Gasteiger partial charge on any atom is -0.311 e. The maximum Gasteiger partial charge on any atom is 0.184 e. The summed E-state index contributed by atoms with van der Waals surface area (Å²) in [6, 6.07) is 97.9. The van der Waals surface area contributed by atoms with Gasteiger partial charge in [0.05, 0.1) is 5.69 Å². The highest BCUT2D eigenvalue weighted by molar-refractivity contribution is 7.21. The molecule has 1 aliphatic heterocycles. The molecule has 0 N–H and O–H groups in total. The Labute approximate surface area is 371 Å². The molecule has 0 bridgehead atoms. The van der Waals surface area contributed by atoms with Gasteiger partial charge in [-0.2, -0.15) is 0 Å². The largest absolute Gasteiger partial charge is 0.311 e. The highest BCUT2D eigenvalue weighted by Crippen LogP contribution is 2.45. The molecule has 0 radical (unpaired) electrons. The minimum absolute atomic E-state index is 1.08. The quantitative estimate of drug-likeness (QED) is 0.134. The molecular weight excluding hydrogens is 777 g/mol. The predicted molar refractivity (Wildman–Crippen MR) is 269 cm³/mol. The second-order valence-electron chi connectivity index (χ2n) is 16.1. The minimum atomic E-state index is -2.87. The highest BCUT2D eigenvalue weighted by atomic mass is 28.3. The van der Waals surface area contributed by atoms with Gasteiger partial charge in [0.2, 0.25) is 0 Å². The van der Waals surface area contributed by atoms with Crippen LogP contribution in [0, 0.1) is 0 Å². The zero-order valence-corrected chi connectivity index (χ0v) is 35.8. The van der Waals surface area contributed by atoms with Crippen molar-refractivity contribution in [1.29, 1.82) is 0 Å². The molecule has 0 saturated carbocycles. The molecule has 1 heterocycles. The molecule has 0 atom stereocenters. The molecule has 10 aromatic carbocycles. The lowest BCUT2D eigenvalue weighted by atomic mass is 9.98. The Morgan fingerprint density at radius 2 is 0.730 bits per heavy atom. The van der Waals surface area contributed by atoms with Crippen molar-refractivity contribution >= 4 is 62.9 Å². The molecule has 0 amide bonds. The lowest BCUT2D eigenvalue weighted by molar-refractivity contribution is 1.25. The molecule has 0 fully saturated rings. The Bertz CT molecular complexity index is 3100. The van der Waals surface area contributed by atoms with Crippen molar-refractivity contribution in [3.8, 4) is 33.4 Å². The first kappa shape index (κ1) is 38.0. The van der Waals surface area contributed by atoms with Crippen molar-refractivity contribution in [3.05, 3.63) is 267 Å². The van der Waals surface area contributed by atoms with Gasteiger partial charge in [0, 0.05) is 34.0 Å². The van der Waals surface area contributed by atoms with Gasteiger partial charge >= 0.3 is 0 Å². The normalized spacial score (nSPS) is 12.5. The first-order valence-electron chi connectivity index (χ1n) is 21.7. The number of rotatable bonds is 9. The number of para-hydroxylation sites is 3. The SMILES string of the molecule is c1ccc(-c2ccc(-c3ccccc3N(c3ccc(-c4ccccc4)cc3)c3ccc4c(c3)N(c3ccccc3)c3ccccc3[Si]4(c3ccccc3)c3ccccc3)cc2)cc1. The molecule has 63 heavy (non-hydrogen) atoms. The zero-order valence-electron chi connectivity index (χ0n) is 34.8. The van der Waals surface area contributed by atoms with Crippen LogP contribution >= 0.6 is 0 Å². The Morgan fingerprint density at radius 1 is 0.302 bits per heavy atom. The topological polar surface area (TPSA) is 6.48 Å². The van der Waals surface area contributed by atoms with E-state index >= 15 is 0 Å². The van der Waals surface area contributed by atoms with E-state index in [1.807, 2.05) is 0 Å². The molecule has 0 spiro atoms. The number of hydrogen-bond acceptors (Lipinski definition) is 2. The monoisotopic (exact) mass is 820 g/mol. The maximum absolute atomic E-state index is 2.87. The smallest absolute Gasteiger partial charge is 0.184 e. The van der Waals surface area contributed by atoms with E-state index in [2.05, 4.69) is 277 Å². The van der Waals surface area contributed by atoms with E-state index in [-0.39, 0.29) is 0 Å². The summed E-state index contributed by atoms with van der Waals surface area (Å²) in [6.45, 7) is 0. The molecule has 0 aromatic heterocycles. The fourth-order valence-electron chi connectivity index (χ4n) is 9.69. The second kappa shape index (κ2) is 16.5. The molecule has 3 heteroatoms. The fraction of sp³-hybridized carbons (Fsp3) is 0. The van der Waals surface area contributed by atoms with E-state index in [1.165, 1.54) is 54.4 Å². The van der Waals surface area contributed by atoms with E-state index in [9.17, 15) is 0 Å². The summed E-state index contributed by atoms with van der Waals surface area (Å²) in [5, 5.41) is 5.46. The average Bonchev–Trinajstić information content (AvgIpc) is 3.37. The lowest BCUT2D eigenvalue weighted by Gasteiger charge is -2.45. The summed E-state index contributed by atoms with van der Waals surface area (Å²) in [5.74, 6) is 0. The van der Waals surface area contributed by atoms with Gasteiger partial charge in [-0.3, -0.25) is 0 Å². The summed E-state index contributed by atoms with van der Waals surface area (Å²) in [4.78, 5) is 4.95. The summed E-state index contributed by atoms with van der Waals surface area (Å²) in [5.41, 5.74) is 13.9. The molecule has 2 nitrogen and oxygen atoms in total. The van der Waals surface area contributed by atoms with Crippen LogP contribution in [0.2, 0.25) is 0 Å². The van der Waals surface area contributed by atoms with Crippen LogP contribution in [0.3, 0.4) is 0 Å². The van der Waals surface area contributed by atoms with Crippen molar-refractivity contribution < 1.29 is 0 Å². The molecule has 0 saturated heterocycles. The standard InChI is InChI=1S/C60H44N2Si/c1-6-20-45(21-7-1)47-34-36-49(37-35-47)55-30-16-17-31-56(55)61(51-40-38-48(39-41-51)46-22-8-2-9-23-46)52-42-43-60-58(44-52)62(50-24-10-3-11-25-50)57-32-18-19-33-59(57)63(60,53-26-12-4-13-27-53)54-28-14-5-15-29-54/h1-44H. The second-order valence-corrected chi connectivity index (χ2v) is 19.8. The van der Waals surface area contributed by atoms with Gasteiger partial charge in [-0.05, 0) is 97.1 Å². The molecule has 298 valence electrons. The third kappa shape index (κ3) is 6.76. The number of hydrogen-bond donors (Lipinski definition) is 0. The van der Waals surface area contributed by atoms with Crippen molar-refractivity contribution in [2.24, 2.45) is 0 Å². The molecule has 11 rings (SSSR count). The molecule has 1 aliphatic rings. The zero-order chi connectivity index (χ0) is 42.0. The van der Waals surface area contributed by atoms with E-state index < -0.39 is 8.07 Å². The van der Waals surface area contributed by atoms with Crippen LogP contribution in [-0.2, 0) is 0 Å². The van der Waals surface area contributed by atoms with Crippen molar-refractivity contribution in [2.45, 2.75) is 0 Å². The van der Waals surface area contributed by atoms with Crippen LogP contribution in [0.25, 0.3) is 33.4 Å². The van der Waals surface area contributed by atoms with Gasteiger partial charge in [0.15, 0.2) is 8.07 Å². The summed E-state index contributed by atoms with van der Waals surface area (Å²) >= 11 is 0. The maximum atomic E-state index is 2.50. The number of anilines is 6. The Hall–Kier alpha value is -7.98. The first-order valence-corrected chi connectivity index (χ1v) is 23.7. The van der Waals surface area contributed by atoms with Crippen molar-refractivity contribution in [3.63, 3.8) is 0 Å². The Morgan fingerprint density at radius 3 is 1.33 bits per heavy atom. The first-order chi connectivity index (χ1) is 31.3. The number of fused-ring (bicyclic) bond motifs is 2. The van der Waals surface area contributed by atoms with E-state index in [4.69, 9.17) is 0 Å². The van der Waals surface area contributed by atoms with E-state index in [0.29, 0.717) is 0 Å². The van der Waals surface area contributed by atoms with Gasteiger partial charge in [0.1, 0.15) is 0 Å². The van der Waals surface area contributed by atoms with Crippen LogP contribution in [-0.4, -0.2) is 8.07 Å². The van der Waals surface area contributed by atoms with Crippen LogP contribution in [0.1, 0.15) is 0 Å². The van der Waals surface area contributed by atoms with Crippen molar-refractivity contribution in [2.75, 3.05) is 9.80 Å². The summed E-state index contributed by atoms with van der Waals surface area (Å²) in [6.07, 6.45) is 0. The highest BCUT2D eigenvalue weighted by Gasteiger charge is 2.49.